The Hall–Kier alpha value is -2.30. The number of fused-ring (bicyclic) bond motifs is 1. The van der Waals surface area contributed by atoms with Crippen molar-refractivity contribution >= 4 is 22.7 Å². The maximum Gasteiger partial charge on any atom is 0.253 e. The second-order valence-corrected chi connectivity index (χ2v) is 8.93. The minimum Gasteiger partial charge on any atom is -0.361 e. The lowest BCUT2D eigenvalue weighted by atomic mass is 9.77. The fourth-order valence-electron chi connectivity index (χ4n) is 5.64. The summed E-state index contributed by atoms with van der Waals surface area (Å²) >= 11 is 0. The molecule has 3 heterocycles. The van der Waals surface area contributed by atoms with E-state index < -0.39 is 0 Å². The van der Waals surface area contributed by atoms with Gasteiger partial charge in [-0.05, 0) is 56.4 Å². The molecule has 1 atom stereocenters. The van der Waals surface area contributed by atoms with Crippen molar-refractivity contribution in [3.8, 4) is 0 Å². The van der Waals surface area contributed by atoms with Crippen LogP contribution in [-0.4, -0.2) is 52.3 Å². The van der Waals surface area contributed by atoms with Crippen molar-refractivity contribution in [3.63, 3.8) is 0 Å². The fourth-order valence-corrected chi connectivity index (χ4v) is 5.64. The van der Waals surface area contributed by atoms with Gasteiger partial charge in [-0.25, -0.2) is 0 Å². The summed E-state index contributed by atoms with van der Waals surface area (Å²) in [6.07, 6.45) is 10.8. The molecule has 0 radical (unpaired) electrons. The lowest BCUT2D eigenvalue weighted by Gasteiger charge is -2.44. The van der Waals surface area contributed by atoms with Crippen molar-refractivity contribution in [3.05, 3.63) is 36.0 Å². The predicted molar refractivity (Wildman–Crippen MR) is 109 cm³/mol. The molecule has 1 aromatic heterocycles. The molecule has 1 saturated carbocycles. The Morgan fingerprint density at radius 1 is 1.04 bits per heavy atom. The van der Waals surface area contributed by atoms with Gasteiger partial charge >= 0.3 is 0 Å². The quantitative estimate of drug-likeness (QED) is 0.859. The summed E-state index contributed by atoms with van der Waals surface area (Å²) in [4.78, 5) is 33.9. The number of rotatable bonds is 2. The number of piperidine rings is 1. The third-order valence-electron chi connectivity index (χ3n) is 7.23. The number of aromatic nitrogens is 1. The number of nitrogens with one attached hydrogen (secondary N) is 1. The van der Waals surface area contributed by atoms with Crippen LogP contribution in [0.25, 0.3) is 10.9 Å². The van der Waals surface area contributed by atoms with Gasteiger partial charge in [-0.3, -0.25) is 9.59 Å². The standard InChI is InChI=1S/C23H29N3O2/c27-21(18-7-8-20-17(15-18)9-12-24-20)25-14-11-23(16-25)10-4-13-26(22(23)28)19-5-2-1-3-6-19/h7-9,12,15,19,24H,1-6,10-11,13-14,16H2/t23-/m0/s1. The van der Waals surface area contributed by atoms with E-state index >= 15 is 0 Å². The van der Waals surface area contributed by atoms with E-state index in [0.717, 1.165) is 55.1 Å². The second kappa shape index (κ2) is 6.94. The van der Waals surface area contributed by atoms with Crippen LogP contribution in [0.15, 0.2) is 30.5 Å². The molecular formula is C23H29N3O2. The number of amides is 2. The molecule has 1 aromatic carbocycles. The maximum absolute atomic E-state index is 13.5. The number of aromatic amines is 1. The topological polar surface area (TPSA) is 56.4 Å². The van der Waals surface area contributed by atoms with Crippen LogP contribution < -0.4 is 0 Å². The first kappa shape index (κ1) is 17.8. The highest BCUT2D eigenvalue weighted by Gasteiger charge is 2.50. The summed E-state index contributed by atoms with van der Waals surface area (Å²) < 4.78 is 0. The molecular weight excluding hydrogens is 350 g/mol. The van der Waals surface area contributed by atoms with E-state index in [4.69, 9.17) is 0 Å². The Morgan fingerprint density at radius 3 is 2.75 bits per heavy atom. The summed E-state index contributed by atoms with van der Waals surface area (Å²) in [5, 5.41) is 1.05. The molecule has 2 saturated heterocycles. The van der Waals surface area contributed by atoms with Gasteiger partial charge in [-0.15, -0.1) is 0 Å². The van der Waals surface area contributed by atoms with Crippen molar-refractivity contribution in [2.75, 3.05) is 19.6 Å². The zero-order valence-electron chi connectivity index (χ0n) is 16.5. The van der Waals surface area contributed by atoms with Crippen LogP contribution in [0.1, 0.15) is 61.7 Å². The summed E-state index contributed by atoms with van der Waals surface area (Å²) in [6.45, 7) is 2.18. The first-order valence-electron chi connectivity index (χ1n) is 10.8. The number of carbonyl (C=O) groups excluding carboxylic acids is 2. The van der Waals surface area contributed by atoms with Gasteiger partial charge in [0.25, 0.3) is 5.91 Å². The van der Waals surface area contributed by atoms with Gasteiger partial charge in [-0.2, -0.15) is 0 Å². The normalized spacial score (nSPS) is 26.5. The number of carbonyl (C=O) groups is 2. The van der Waals surface area contributed by atoms with Crippen molar-refractivity contribution in [1.82, 2.24) is 14.8 Å². The fraction of sp³-hybridized carbons (Fsp3) is 0.565. The Labute approximate surface area is 166 Å². The van der Waals surface area contributed by atoms with E-state index in [9.17, 15) is 9.59 Å². The van der Waals surface area contributed by atoms with Crippen LogP contribution >= 0.6 is 0 Å². The molecule has 5 heteroatoms. The molecule has 2 aliphatic heterocycles. The van der Waals surface area contributed by atoms with Gasteiger partial charge in [0, 0.05) is 48.3 Å². The second-order valence-electron chi connectivity index (χ2n) is 8.93. The van der Waals surface area contributed by atoms with Gasteiger partial charge in [0.1, 0.15) is 0 Å². The molecule has 28 heavy (non-hydrogen) atoms. The van der Waals surface area contributed by atoms with E-state index in [1.165, 1.54) is 19.3 Å². The molecule has 0 unspecified atom stereocenters. The van der Waals surface area contributed by atoms with Crippen LogP contribution in [0, 0.1) is 5.41 Å². The molecule has 0 bridgehead atoms. The van der Waals surface area contributed by atoms with Gasteiger partial charge in [0.15, 0.2) is 0 Å². The van der Waals surface area contributed by atoms with E-state index in [-0.39, 0.29) is 11.3 Å². The van der Waals surface area contributed by atoms with Crippen molar-refractivity contribution in [2.45, 2.75) is 57.4 Å². The van der Waals surface area contributed by atoms with Crippen molar-refractivity contribution < 1.29 is 9.59 Å². The monoisotopic (exact) mass is 379 g/mol. The van der Waals surface area contributed by atoms with Crippen molar-refractivity contribution in [2.24, 2.45) is 5.41 Å². The van der Waals surface area contributed by atoms with Gasteiger partial charge in [0.2, 0.25) is 5.91 Å². The molecule has 5 rings (SSSR count). The predicted octanol–water partition coefficient (Wildman–Crippen LogP) is 3.96. The smallest absolute Gasteiger partial charge is 0.253 e. The number of likely N-dealkylation sites (tertiary alicyclic amines) is 2. The Bertz CT molecular complexity index is 898. The maximum atomic E-state index is 13.5. The van der Waals surface area contributed by atoms with Gasteiger partial charge in [-0.1, -0.05) is 19.3 Å². The largest absolute Gasteiger partial charge is 0.361 e. The number of benzene rings is 1. The summed E-state index contributed by atoms with van der Waals surface area (Å²) in [5.74, 6) is 0.379. The van der Waals surface area contributed by atoms with Crippen molar-refractivity contribution in [1.29, 1.82) is 0 Å². The average Bonchev–Trinajstić information content (AvgIpc) is 3.37. The van der Waals surface area contributed by atoms with Crippen LogP contribution in [0.3, 0.4) is 0 Å². The van der Waals surface area contributed by atoms with E-state index in [1.54, 1.807) is 0 Å². The molecule has 1 spiro atoms. The highest BCUT2D eigenvalue weighted by molar-refractivity contribution is 5.99. The Kier molecular flexibility index (Phi) is 4.41. The lowest BCUT2D eigenvalue weighted by Crippen LogP contribution is -2.54. The van der Waals surface area contributed by atoms with Gasteiger partial charge in [0.05, 0.1) is 5.41 Å². The van der Waals surface area contributed by atoms with Crippen LogP contribution in [0.5, 0.6) is 0 Å². The SMILES string of the molecule is O=C(c1ccc2[nH]ccc2c1)N1CC[C@@]2(CCCN(C3CCCCC3)C2=O)C1. The molecule has 3 aliphatic rings. The zero-order valence-corrected chi connectivity index (χ0v) is 16.5. The minimum absolute atomic E-state index is 0.0579. The van der Waals surface area contributed by atoms with Crippen LogP contribution in [0.2, 0.25) is 0 Å². The Morgan fingerprint density at radius 2 is 1.89 bits per heavy atom. The Balaban J connectivity index is 1.33. The van der Waals surface area contributed by atoms with E-state index in [0.29, 0.717) is 25.0 Å². The highest BCUT2D eigenvalue weighted by Crippen LogP contribution is 2.42. The third-order valence-corrected chi connectivity index (χ3v) is 7.23. The molecule has 1 N–H and O–H groups in total. The minimum atomic E-state index is -0.344. The summed E-state index contributed by atoms with van der Waals surface area (Å²) in [6, 6.07) is 8.23. The first-order chi connectivity index (χ1) is 13.7. The molecule has 1 aliphatic carbocycles. The van der Waals surface area contributed by atoms with E-state index in [1.807, 2.05) is 35.4 Å². The molecule has 2 aromatic rings. The van der Waals surface area contributed by atoms with Crippen LogP contribution in [0.4, 0.5) is 0 Å². The third kappa shape index (κ3) is 2.92. The lowest BCUT2D eigenvalue weighted by molar-refractivity contribution is -0.149. The summed E-state index contributed by atoms with van der Waals surface area (Å²) in [5.41, 5.74) is 1.42. The summed E-state index contributed by atoms with van der Waals surface area (Å²) in [7, 11) is 0. The first-order valence-corrected chi connectivity index (χ1v) is 10.8. The molecule has 2 amide bonds. The molecule has 5 nitrogen and oxygen atoms in total. The molecule has 3 fully saturated rings. The number of hydrogen-bond donors (Lipinski definition) is 1. The number of hydrogen-bond acceptors (Lipinski definition) is 2. The molecule has 148 valence electrons. The van der Waals surface area contributed by atoms with Gasteiger partial charge < -0.3 is 14.8 Å². The number of H-pyrrole nitrogens is 1. The highest BCUT2D eigenvalue weighted by atomic mass is 16.2. The van der Waals surface area contributed by atoms with Crippen LogP contribution in [-0.2, 0) is 4.79 Å². The van der Waals surface area contributed by atoms with E-state index in [2.05, 4.69) is 9.88 Å². The zero-order chi connectivity index (χ0) is 19.1. The number of nitrogens with zero attached hydrogens (tertiary/aromatic N) is 2. The average molecular weight is 380 g/mol.